The first-order valence-electron chi connectivity index (χ1n) is 8.97. The fourth-order valence-corrected chi connectivity index (χ4v) is 3.32. The molecule has 1 unspecified atom stereocenters. The number of carbonyl (C=O) groups excluding carboxylic acids is 1. The van der Waals surface area contributed by atoms with Gasteiger partial charge in [-0.05, 0) is 42.5 Å². The minimum atomic E-state index is -0.269. The van der Waals surface area contributed by atoms with Gasteiger partial charge in [0.05, 0.1) is 6.04 Å². The summed E-state index contributed by atoms with van der Waals surface area (Å²) in [6.07, 6.45) is 8.65. The standard InChI is InChI=1S/C20H20N4O3/c25-20(17-11-18(27-24-17)15-3-1-7-21-12-15)23-19(14-5-9-26-10-6-14)16-4-2-8-22-13-16/h1-4,7-8,11-14,19H,5-6,9-10H2,(H,23,25). The van der Waals surface area contributed by atoms with Crippen LogP contribution in [0.15, 0.2) is 59.6 Å². The van der Waals surface area contributed by atoms with Crippen molar-refractivity contribution in [1.82, 2.24) is 20.4 Å². The first kappa shape index (κ1) is 17.4. The number of nitrogens with zero attached hydrogens (tertiary/aromatic N) is 3. The topological polar surface area (TPSA) is 90.1 Å². The zero-order valence-electron chi connectivity index (χ0n) is 14.7. The summed E-state index contributed by atoms with van der Waals surface area (Å²) in [5.74, 6) is 0.531. The van der Waals surface area contributed by atoms with Crippen molar-refractivity contribution < 1.29 is 14.1 Å². The van der Waals surface area contributed by atoms with E-state index in [2.05, 4.69) is 20.4 Å². The molecule has 1 aliphatic rings. The molecule has 0 bridgehead atoms. The first-order valence-corrected chi connectivity index (χ1v) is 8.97. The molecule has 0 aliphatic carbocycles. The van der Waals surface area contributed by atoms with Gasteiger partial charge in [-0.2, -0.15) is 0 Å². The molecule has 1 amide bonds. The lowest BCUT2D eigenvalue weighted by Crippen LogP contribution is -2.36. The minimum absolute atomic E-state index is 0.145. The molecule has 1 atom stereocenters. The Morgan fingerprint density at radius 3 is 2.59 bits per heavy atom. The molecule has 7 heteroatoms. The van der Waals surface area contributed by atoms with Crippen molar-refractivity contribution in [3.05, 3.63) is 66.4 Å². The fraction of sp³-hybridized carbons (Fsp3) is 0.300. The number of amides is 1. The van der Waals surface area contributed by atoms with Crippen molar-refractivity contribution >= 4 is 5.91 Å². The van der Waals surface area contributed by atoms with Gasteiger partial charge in [-0.25, -0.2) is 0 Å². The second-order valence-electron chi connectivity index (χ2n) is 6.51. The van der Waals surface area contributed by atoms with Crippen LogP contribution in [0.5, 0.6) is 0 Å². The summed E-state index contributed by atoms with van der Waals surface area (Å²) in [7, 11) is 0. The first-order chi connectivity index (χ1) is 13.3. The normalized spacial score (nSPS) is 16.0. The SMILES string of the molecule is O=C(NC(c1cccnc1)C1CCOCC1)c1cc(-c2cccnc2)on1. The van der Waals surface area contributed by atoms with Crippen LogP contribution in [0.2, 0.25) is 0 Å². The molecule has 0 radical (unpaired) electrons. The van der Waals surface area contributed by atoms with Gasteiger partial charge in [-0.3, -0.25) is 14.8 Å². The number of nitrogens with one attached hydrogen (secondary N) is 1. The number of hydrogen-bond acceptors (Lipinski definition) is 6. The predicted molar refractivity (Wildman–Crippen MR) is 97.7 cm³/mol. The van der Waals surface area contributed by atoms with Gasteiger partial charge in [0.15, 0.2) is 11.5 Å². The Labute approximate surface area is 156 Å². The average Bonchev–Trinajstić information content (AvgIpc) is 3.24. The predicted octanol–water partition coefficient (Wildman–Crippen LogP) is 3.03. The Morgan fingerprint density at radius 1 is 1.11 bits per heavy atom. The van der Waals surface area contributed by atoms with Crippen LogP contribution in [0, 0.1) is 5.92 Å². The van der Waals surface area contributed by atoms with Gasteiger partial charge in [-0.1, -0.05) is 11.2 Å². The summed E-state index contributed by atoms with van der Waals surface area (Å²) < 4.78 is 10.8. The van der Waals surface area contributed by atoms with E-state index in [0.717, 1.165) is 24.0 Å². The zero-order valence-corrected chi connectivity index (χ0v) is 14.7. The molecular formula is C20H20N4O3. The molecule has 138 valence electrons. The van der Waals surface area contributed by atoms with Gasteiger partial charge in [0.1, 0.15) is 0 Å². The molecule has 3 aromatic rings. The Kier molecular flexibility index (Phi) is 5.20. The third-order valence-corrected chi connectivity index (χ3v) is 4.76. The van der Waals surface area contributed by atoms with Gasteiger partial charge >= 0.3 is 0 Å². The average molecular weight is 364 g/mol. The molecular weight excluding hydrogens is 344 g/mol. The summed E-state index contributed by atoms with van der Waals surface area (Å²) in [6, 6.07) is 9.02. The molecule has 0 saturated carbocycles. The maximum absolute atomic E-state index is 12.8. The summed E-state index contributed by atoms with van der Waals surface area (Å²) in [6.45, 7) is 1.40. The van der Waals surface area contributed by atoms with E-state index in [1.54, 1.807) is 36.9 Å². The van der Waals surface area contributed by atoms with Crippen molar-refractivity contribution in [2.75, 3.05) is 13.2 Å². The minimum Gasteiger partial charge on any atom is -0.381 e. The van der Waals surface area contributed by atoms with Crippen molar-refractivity contribution in [1.29, 1.82) is 0 Å². The van der Waals surface area contributed by atoms with E-state index in [1.165, 1.54) is 0 Å². The molecule has 0 spiro atoms. The number of aromatic nitrogens is 3. The van der Waals surface area contributed by atoms with Crippen LogP contribution >= 0.6 is 0 Å². The maximum atomic E-state index is 12.8. The Morgan fingerprint density at radius 2 is 1.89 bits per heavy atom. The third kappa shape index (κ3) is 4.03. The fourth-order valence-electron chi connectivity index (χ4n) is 3.32. The number of carbonyl (C=O) groups is 1. The maximum Gasteiger partial charge on any atom is 0.273 e. The largest absolute Gasteiger partial charge is 0.381 e. The van der Waals surface area contributed by atoms with Crippen LogP contribution in [-0.2, 0) is 4.74 Å². The second kappa shape index (κ2) is 8.09. The lowest BCUT2D eigenvalue weighted by atomic mass is 9.87. The van der Waals surface area contributed by atoms with Gasteiger partial charge in [0.2, 0.25) is 0 Å². The number of pyridine rings is 2. The highest BCUT2D eigenvalue weighted by atomic mass is 16.5. The van der Waals surface area contributed by atoms with E-state index in [-0.39, 0.29) is 23.6 Å². The Bertz CT molecular complexity index is 877. The van der Waals surface area contributed by atoms with E-state index in [9.17, 15) is 4.79 Å². The van der Waals surface area contributed by atoms with Crippen LogP contribution in [0.1, 0.15) is 34.9 Å². The molecule has 1 fully saturated rings. The number of hydrogen-bond donors (Lipinski definition) is 1. The third-order valence-electron chi connectivity index (χ3n) is 4.76. The highest BCUT2D eigenvalue weighted by Gasteiger charge is 2.28. The summed E-state index contributed by atoms with van der Waals surface area (Å²) >= 11 is 0. The van der Waals surface area contributed by atoms with E-state index in [1.807, 2.05) is 18.2 Å². The quantitative estimate of drug-likeness (QED) is 0.748. The molecule has 27 heavy (non-hydrogen) atoms. The molecule has 4 heterocycles. The highest BCUT2D eigenvalue weighted by Crippen LogP contribution is 2.30. The molecule has 0 aromatic carbocycles. The van der Waals surface area contributed by atoms with Crippen LogP contribution in [0.3, 0.4) is 0 Å². The van der Waals surface area contributed by atoms with Crippen molar-refractivity contribution in [2.45, 2.75) is 18.9 Å². The summed E-state index contributed by atoms with van der Waals surface area (Å²) in [5.41, 5.74) is 2.00. The van der Waals surface area contributed by atoms with Crippen LogP contribution in [0.4, 0.5) is 0 Å². The zero-order chi connectivity index (χ0) is 18.5. The summed E-state index contributed by atoms with van der Waals surface area (Å²) in [5, 5.41) is 7.04. The summed E-state index contributed by atoms with van der Waals surface area (Å²) in [4.78, 5) is 21.1. The molecule has 1 saturated heterocycles. The molecule has 1 aliphatic heterocycles. The van der Waals surface area contributed by atoms with Crippen molar-refractivity contribution in [2.24, 2.45) is 5.92 Å². The van der Waals surface area contributed by atoms with E-state index in [0.29, 0.717) is 19.0 Å². The van der Waals surface area contributed by atoms with Gasteiger partial charge in [-0.15, -0.1) is 0 Å². The smallest absolute Gasteiger partial charge is 0.273 e. The Balaban J connectivity index is 1.54. The van der Waals surface area contributed by atoms with E-state index < -0.39 is 0 Å². The van der Waals surface area contributed by atoms with E-state index >= 15 is 0 Å². The van der Waals surface area contributed by atoms with Crippen LogP contribution < -0.4 is 5.32 Å². The Hall–Kier alpha value is -3.06. The molecule has 3 aromatic heterocycles. The number of rotatable bonds is 5. The number of ether oxygens (including phenoxy) is 1. The van der Waals surface area contributed by atoms with E-state index in [4.69, 9.17) is 9.26 Å². The van der Waals surface area contributed by atoms with Crippen molar-refractivity contribution in [3.8, 4) is 11.3 Å². The van der Waals surface area contributed by atoms with Gasteiger partial charge < -0.3 is 14.6 Å². The monoisotopic (exact) mass is 364 g/mol. The van der Waals surface area contributed by atoms with Crippen molar-refractivity contribution in [3.63, 3.8) is 0 Å². The van der Waals surface area contributed by atoms with Crippen LogP contribution in [0.25, 0.3) is 11.3 Å². The molecule has 4 rings (SSSR count). The van der Waals surface area contributed by atoms with Gasteiger partial charge in [0.25, 0.3) is 5.91 Å². The lowest BCUT2D eigenvalue weighted by molar-refractivity contribution is 0.0512. The van der Waals surface area contributed by atoms with Gasteiger partial charge in [0, 0.05) is 49.6 Å². The lowest BCUT2D eigenvalue weighted by Gasteiger charge is -2.30. The molecule has 7 nitrogen and oxygen atoms in total. The highest BCUT2D eigenvalue weighted by molar-refractivity contribution is 5.93. The second-order valence-corrected chi connectivity index (χ2v) is 6.51. The molecule has 1 N–H and O–H groups in total. The van der Waals surface area contributed by atoms with Crippen LogP contribution in [-0.4, -0.2) is 34.2 Å².